The molecule has 0 radical (unpaired) electrons. The second-order valence-electron chi connectivity index (χ2n) is 5.39. The molecule has 0 unspecified atom stereocenters. The first kappa shape index (κ1) is 16.2. The van der Waals surface area contributed by atoms with E-state index in [1.807, 2.05) is 20.8 Å². The molecule has 1 amide bonds. The van der Waals surface area contributed by atoms with Gasteiger partial charge in [-0.05, 0) is 46.6 Å². The highest BCUT2D eigenvalue weighted by Crippen LogP contribution is 2.22. The summed E-state index contributed by atoms with van der Waals surface area (Å²) in [5, 5.41) is 2.85. The van der Waals surface area contributed by atoms with Crippen LogP contribution < -0.4 is 11.1 Å². The van der Waals surface area contributed by atoms with Crippen LogP contribution in [-0.2, 0) is 4.74 Å². The molecule has 0 heterocycles. The number of hydrogen-bond donors (Lipinski definition) is 2. The van der Waals surface area contributed by atoms with Crippen LogP contribution in [0.5, 0.6) is 0 Å². The van der Waals surface area contributed by atoms with Crippen molar-refractivity contribution in [1.82, 2.24) is 5.32 Å². The van der Waals surface area contributed by atoms with Gasteiger partial charge in [-0.2, -0.15) is 0 Å². The van der Waals surface area contributed by atoms with Gasteiger partial charge < -0.3 is 15.8 Å². The van der Waals surface area contributed by atoms with Gasteiger partial charge in [-0.15, -0.1) is 0 Å². The molecule has 1 saturated carbocycles. The van der Waals surface area contributed by atoms with Crippen molar-refractivity contribution >= 4 is 6.09 Å². The first-order chi connectivity index (χ1) is 7.97. The summed E-state index contributed by atoms with van der Waals surface area (Å²) in [7, 11) is 1.50. The number of carbonyl (C=O) groups is 1. The Balaban J connectivity index is 0.00000121. The number of nitrogens with one attached hydrogen (secondary N) is 1. The minimum absolute atomic E-state index is 0.284. The third-order valence-electron chi connectivity index (χ3n) is 2.66. The van der Waals surface area contributed by atoms with E-state index in [1.54, 1.807) is 0 Å². The van der Waals surface area contributed by atoms with E-state index in [9.17, 15) is 4.79 Å². The van der Waals surface area contributed by atoms with Gasteiger partial charge in [0.1, 0.15) is 5.60 Å². The molecule has 102 valence electrons. The van der Waals surface area contributed by atoms with Crippen molar-refractivity contribution in [3.05, 3.63) is 0 Å². The van der Waals surface area contributed by atoms with Gasteiger partial charge in [-0.3, -0.25) is 0 Å². The number of ether oxygens (including phenoxy) is 1. The van der Waals surface area contributed by atoms with Crippen LogP contribution in [0.3, 0.4) is 0 Å². The summed E-state index contributed by atoms with van der Waals surface area (Å²) in [5.41, 5.74) is 4.11. The van der Waals surface area contributed by atoms with Gasteiger partial charge in [0.2, 0.25) is 0 Å². The van der Waals surface area contributed by atoms with Crippen molar-refractivity contribution in [3.63, 3.8) is 0 Å². The van der Waals surface area contributed by atoms with Gasteiger partial charge in [-0.25, -0.2) is 4.79 Å². The van der Waals surface area contributed by atoms with E-state index < -0.39 is 5.60 Å². The molecular weight excluding hydrogens is 216 g/mol. The fourth-order valence-corrected chi connectivity index (χ4v) is 1.93. The monoisotopic (exact) mass is 244 g/mol. The molecule has 0 aromatic carbocycles. The fourth-order valence-electron chi connectivity index (χ4n) is 1.93. The zero-order valence-corrected chi connectivity index (χ0v) is 11.7. The smallest absolute Gasteiger partial charge is 0.407 e. The van der Waals surface area contributed by atoms with Crippen LogP contribution in [0, 0.1) is 5.92 Å². The van der Waals surface area contributed by atoms with Gasteiger partial charge in [0, 0.05) is 6.54 Å². The second kappa shape index (κ2) is 8.34. The summed E-state index contributed by atoms with van der Waals surface area (Å²) in [6, 6.07) is 0. The third-order valence-corrected chi connectivity index (χ3v) is 2.66. The van der Waals surface area contributed by atoms with Crippen LogP contribution in [0.15, 0.2) is 0 Å². The number of alkyl carbamates (subject to hydrolysis) is 1. The fraction of sp³-hybridized carbons (Fsp3) is 0.923. The number of carbonyl (C=O) groups excluding carboxylic acids is 1. The van der Waals surface area contributed by atoms with Crippen LogP contribution in [0.4, 0.5) is 4.79 Å². The van der Waals surface area contributed by atoms with Gasteiger partial charge in [0.15, 0.2) is 0 Å². The normalized spacial score (nSPS) is 16.8. The van der Waals surface area contributed by atoms with E-state index in [1.165, 1.54) is 39.2 Å². The van der Waals surface area contributed by atoms with Crippen LogP contribution >= 0.6 is 0 Å². The summed E-state index contributed by atoms with van der Waals surface area (Å²) < 4.78 is 5.18. The Morgan fingerprint density at radius 2 is 1.76 bits per heavy atom. The van der Waals surface area contributed by atoms with Crippen molar-refractivity contribution in [3.8, 4) is 0 Å². The average Bonchev–Trinajstić information content (AvgIpc) is 2.28. The van der Waals surface area contributed by atoms with Gasteiger partial charge >= 0.3 is 6.09 Å². The van der Waals surface area contributed by atoms with Gasteiger partial charge in [-0.1, -0.05) is 19.3 Å². The molecule has 1 rings (SSSR count). The van der Waals surface area contributed by atoms with Crippen LogP contribution in [0.25, 0.3) is 0 Å². The first-order valence-corrected chi connectivity index (χ1v) is 6.52. The maximum absolute atomic E-state index is 11.4. The highest BCUT2D eigenvalue weighted by Gasteiger charge is 2.18. The first-order valence-electron chi connectivity index (χ1n) is 6.52. The van der Waals surface area contributed by atoms with E-state index in [4.69, 9.17) is 4.74 Å². The molecular formula is C13H28N2O2. The van der Waals surface area contributed by atoms with E-state index in [0.29, 0.717) is 5.92 Å². The molecule has 0 aromatic rings. The zero-order chi connectivity index (χ0) is 13.3. The summed E-state index contributed by atoms with van der Waals surface area (Å²) in [6.45, 7) is 6.42. The number of rotatable bonds is 2. The molecule has 0 spiro atoms. The SMILES string of the molecule is CC(C)(C)OC(=O)NCC1CCCCC1.CN. The molecule has 0 aliphatic heterocycles. The quantitative estimate of drug-likeness (QED) is 0.785. The van der Waals surface area contributed by atoms with Gasteiger partial charge in [0.05, 0.1) is 0 Å². The highest BCUT2D eigenvalue weighted by atomic mass is 16.6. The van der Waals surface area contributed by atoms with E-state index in [-0.39, 0.29) is 6.09 Å². The van der Waals surface area contributed by atoms with Crippen molar-refractivity contribution in [1.29, 1.82) is 0 Å². The molecule has 1 aliphatic rings. The summed E-state index contributed by atoms with van der Waals surface area (Å²) >= 11 is 0. The van der Waals surface area contributed by atoms with Crippen LogP contribution in [0.1, 0.15) is 52.9 Å². The molecule has 0 bridgehead atoms. The Kier molecular flexibility index (Phi) is 7.96. The Morgan fingerprint density at radius 1 is 1.24 bits per heavy atom. The molecule has 0 aromatic heterocycles. The lowest BCUT2D eigenvalue weighted by Gasteiger charge is -2.24. The van der Waals surface area contributed by atoms with Crippen molar-refractivity contribution < 1.29 is 9.53 Å². The van der Waals surface area contributed by atoms with Crippen LogP contribution in [-0.4, -0.2) is 25.3 Å². The lowest BCUT2D eigenvalue weighted by molar-refractivity contribution is 0.0515. The average molecular weight is 244 g/mol. The Labute approximate surface area is 105 Å². The maximum Gasteiger partial charge on any atom is 0.407 e. The summed E-state index contributed by atoms with van der Waals surface area (Å²) in [5.74, 6) is 0.659. The molecule has 1 aliphatic carbocycles. The Hall–Kier alpha value is -0.770. The molecule has 0 atom stereocenters. The van der Waals surface area contributed by atoms with E-state index >= 15 is 0 Å². The van der Waals surface area contributed by atoms with Crippen molar-refractivity contribution in [2.45, 2.75) is 58.5 Å². The largest absolute Gasteiger partial charge is 0.444 e. The zero-order valence-electron chi connectivity index (χ0n) is 11.7. The molecule has 4 heteroatoms. The molecule has 1 fully saturated rings. The van der Waals surface area contributed by atoms with Crippen molar-refractivity contribution in [2.75, 3.05) is 13.6 Å². The van der Waals surface area contributed by atoms with E-state index in [0.717, 1.165) is 6.54 Å². The Morgan fingerprint density at radius 3 is 2.24 bits per heavy atom. The topological polar surface area (TPSA) is 64.3 Å². The number of amides is 1. The molecule has 0 saturated heterocycles. The third kappa shape index (κ3) is 8.98. The number of nitrogens with two attached hydrogens (primary N) is 1. The van der Waals surface area contributed by atoms with Crippen molar-refractivity contribution in [2.24, 2.45) is 11.7 Å². The molecule has 4 nitrogen and oxygen atoms in total. The lowest BCUT2D eigenvalue weighted by Crippen LogP contribution is -2.35. The van der Waals surface area contributed by atoms with Gasteiger partial charge in [0.25, 0.3) is 0 Å². The Bertz CT molecular complexity index is 206. The predicted molar refractivity (Wildman–Crippen MR) is 70.9 cm³/mol. The summed E-state index contributed by atoms with van der Waals surface area (Å²) in [4.78, 5) is 11.4. The minimum Gasteiger partial charge on any atom is -0.444 e. The lowest BCUT2D eigenvalue weighted by atomic mass is 9.89. The minimum atomic E-state index is -0.392. The molecule has 3 N–H and O–H groups in total. The van der Waals surface area contributed by atoms with E-state index in [2.05, 4.69) is 11.1 Å². The predicted octanol–water partition coefficient (Wildman–Crippen LogP) is 2.67. The standard InChI is InChI=1S/C12H23NO2.CH5N/c1-12(2,3)15-11(14)13-9-10-7-5-4-6-8-10;1-2/h10H,4-9H2,1-3H3,(H,13,14);2H2,1H3. The number of hydrogen-bond acceptors (Lipinski definition) is 3. The van der Waals surface area contributed by atoms with Crippen LogP contribution in [0.2, 0.25) is 0 Å². The maximum atomic E-state index is 11.4. The summed E-state index contributed by atoms with van der Waals surface area (Å²) in [6.07, 6.45) is 6.17. The second-order valence-corrected chi connectivity index (χ2v) is 5.39. The molecule has 17 heavy (non-hydrogen) atoms. The highest BCUT2D eigenvalue weighted by molar-refractivity contribution is 5.67.